The Labute approximate surface area is 160 Å². The summed E-state index contributed by atoms with van der Waals surface area (Å²) < 4.78 is 6.42. The lowest BCUT2D eigenvalue weighted by Gasteiger charge is -2.10. The first kappa shape index (κ1) is 19.0. The van der Waals surface area contributed by atoms with Crippen molar-refractivity contribution in [3.63, 3.8) is 0 Å². The Morgan fingerprint density at radius 2 is 2.20 bits per heavy atom. The van der Waals surface area contributed by atoms with Gasteiger partial charge in [-0.2, -0.15) is 5.10 Å². The van der Waals surface area contributed by atoms with Gasteiger partial charge >= 0.3 is 0 Å². The number of phenols is 1. The number of ether oxygens (including phenoxy) is 1. The van der Waals surface area contributed by atoms with E-state index in [-0.39, 0.29) is 11.7 Å². The number of hydrogen-bond acceptors (Lipinski definition) is 4. The Kier molecular flexibility index (Phi) is 7.00. The summed E-state index contributed by atoms with van der Waals surface area (Å²) >= 11 is 2.15. The molecule has 0 radical (unpaired) electrons. The summed E-state index contributed by atoms with van der Waals surface area (Å²) in [5.74, 6) is 0.193. The van der Waals surface area contributed by atoms with E-state index in [0.29, 0.717) is 35.5 Å². The van der Waals surface area contributed by atoms with Crippen molar-refractivity contribution in [2.45, 2.75) is 13.3 Å². The average molecular weight is 450 g/mol. The molecule has 0 heterocycles. The third-order valence-electron chi connectivity index (χ3n) is 3.31. The van der Waals surface area contributed by atoms with Gasteiger partial charge in [-0.25, -0.2) is 5.43 Å². The van der Waals surface area contributed by atoms with Crippen molar-refractivity contribution in [3.8, 4) is 11.5 Å². The molecule has 0 aromatic heterocycles. The fourth-order valence-electron chi connectivity index (χ4n) is 2.20. The van der Waals surface area contributed by atoms with Crippen molar-refractivity contribution in [3.05, 3.63) is 69.3 Å². The van der Waals surface area contributed by atoms with Crippen LogP contribution in [-0.4, -0.2) is 23.8 Å². The van der Waals surface area contributed by atoms with E-state index in [1.165, 1.54) is 6.21 Å². The van der Waals surface area contributed by atoms with Crippen LogP contribution in [0, 0.1) is 3.57 Å². The van der Waals surface area contributed by atoms with Gasteiger partial charge in [-0.1, -0.05) is 12.1 Å². The van der Waals surface area contributed by atoms with Gasteiger partial charge < -0.3 is 9.84 Å². The predicted octanol–water partition coefficient (Wildman–Crippen LogP) is 3.89. The molecule has 2 N–H and O–H groups in total. The van der Waals surface area contributed by atoms with Crippen LogP contribution in [0.1, 0.15) is 28.4 Å². The van der Waals surface area contributed by atoms with Crippen molar-refractivity contribution in [1.82, 2.24) is 5.43 Å². The Bertz CT molecular complexity index is 803. The molecule has 1 amide bonds. The molecule has 6 heteroatoms. The molecule has 0 saturated carbocycles. The van der Waals surface area contributed by atoms with Gasteiger partial charge in [0.05, 0.1) is 12.8 Å². The molecule has 0 aliphatic heterocycles. The molecular formula is C19H19IN2O3. The zero-order valence-corrected chi connectivity index (χ0v) is 16.0. The maximum Gasteiger partial charge on any atom is 0.271 e. The zero-order chi connectivity index (χ0) is 18.2. The highest BCUT2D eigenvalue weighted by atomic mass is 127. The van der Waals surface area contributed by atoms with Gasteiger partial charge in [0.25, 0.3) is 5.91 Å². The quantitative estimate of drug-likeness (QED) is 0.291. The SMILES string of the molecule is C=CCc1cc(/C=N\NC(=O)c2cccc(I)c2)cc(OCC)c1O. The molecule has 2 aromatic carbocycles. The van der Waals surface area contributed by atoms with Crippen LogP contribution in [0.3, 0.4) is 0 Å². The minimum Gasteiger partial charge on any atom is -0.504 e. The number of benzene rings is 2. The largest absolute Gasteiger partial charge is 0.504 e. The number of carbonyl (C=O) groups excluding carboxylic acids is 1. The summed E-state index contributed by atoms with van der Waals surface area (Å²) in [6, 6.07) is 10.7. The fourth-order valence-corrected chi connectivity index (χ4v) is 2.74. The lowest BCUT2D eigenvalue weighted by atomic mass is 10.1. The Hall–Kier alpha value is -2.35. The lowest BCUT2D eigenvalue weighted by molar-refractivity contribution is 0.0955. The molecule has 0 saturated heterocycles. The molecule has 5 nitrogen and oxygen atoms in total. The van der Waals surface area contributed by atoms with E-state index in [1.54, 1.807) is 30.3 Å². The van der Waals surface area contributed by atoms with E-state index in [4.69, 9.17) is 4.74 Å². The summed E-state index contributed by atoms with van der Waals surface area (Å²) in [5.41, 5.74) is 4.43. The van der Waals surface area contributed by atoms with Crippen molar-refractivity contribution in [1.29, 1.82) is 0 Å². The van der Waals surface area contributed by atoms with Gasteiger partial charge in [0.2, 0.25) is 0 Å². The maximum absolute atomic E-state index is 12.1. The van der Waals surface area contributed by atoms with Crippen molar-refractivity contribution < 1.29 is 14.6 Å². The monoisotopic (exact) mass is 450 g/mol. The summed E-state index contributed by atoms with van der Waals surface area (Å²) in [5, 5.41) is 14.2. The minimum absolute atomic E-state index is 0.0989. The van der Waals surface area contributed by atoms with E-state index >= 15 is 0 Å². The van der Waals surface area contributed by atoms with Crippen LogP contribution < -0.4 is 10.2 Å². The van der Waals surface area contributed by atoms with Gasteiger partial charge in [-0.05, 0) is 71.8 Å². The fraction of sp³-hybridized carbons (Fsp3) is 0.158. The molecule has 0 bridgehead atoms. The maximum atomic E-state index is 12.1. The first-order valence-corrected chi connectivity index (χ1v) is 8.81. The number of allylic oxidation sites excluding steroid dienone is 1. The third-order valence-corrected chi connectivity index (χ3v) is 3.98. The van der Waals surface area contributed by atoms with E-state index in [9.17, 15) is 9.90 Å². The van der Waals surface area contributed by atoms with Gasteiger partial charge in [-0.3, -0.25) is 4.79 Å². The molecule has 0 unspecified atom stereocenters. The number of hydrazone groups is 1. The lowest BCUT2D eigenvalue weighted by Crippen LogP contribution is -2.17. The number of phenolic OH excluding ortho intramolecular Hbond substituents is 1. The van der Waals surface area contributed by atoms with Crippen molar-refractivity contribution >= 4 is 34.7 Å². The van der Waals surface area contributed by atoms with Crippen LogP contribution in [0.4, 0.5) is 0 Å². The van der Waals surface area contributed by atoms with Crippen LogP contribution >= 0.6 is 22.6 Å². The number of aromatic hydroxyl groups is 1. The first-order valence-electron chi connectivity index (χ1n) is 7.73. The van der Waals surface area contributed by atoms with E-state index in [1.807, 2.05) is 19.1 Å². The number of nitrogens with one attached hydrogen (secondary N) is 1. The second-order valence-electron chi connectivity index (χ2n) is 5.16. The normalized spacial score (nSPS) is 10.6. The number of amides is 1. The second kappa shape index (κ2) is 9.22. The van der Waals surface area contributed by atoms with Crippen LogP contribution in [-0.2, 0) is 6.42 Å². The Balaban J connectivity index is 2.16. The van der Waals surface area contributed by atoms with Gasteiger partial charge in [-0.15, -0.1) is 6.58 Å². The van der Waals surface area contributed by atoms with Crippen LogP contribution in [0.2, 0.25) is 0 Å². The average Bonchev–Trinajstić information content (AvgIpc) is 2.59. The first-order chi connectivity index (χ1) is 12.0. The van der Waals surface area contributed by atoms with Crippen molar-refractivity contribution in [2.24, 2.45) is 5.10 Å². The molecule has 2 aromatic rings. The van der Waals surface area contributed by atoms with Gasteiger partial charge in [0, 0.05) is 14.7 Å². The number of halogens is 1. The minimum atomic E-state index is -0.287. The summed E-state index contributed by atoms with van der Waals surface area (Å²) in [6.07, 6.45) is 3.72. The summed E-state index contributed by atoms with van der Waals surface area (Å²) in [6.45, 7) is 5.96. The Morgan fingerprint density at radius 3 is 2.88 bits per heavy atom. The smallest absolute Gasteiger partial charge is 0.271 e. The molecule has 0 fully saturated rings. The highest BCUT2D eigenvalue weighted by Gasteiger charge is 2.10. The topological polar surface area (TPSA) is 70.9 Å². The number of nitrogens with zero attached hydrogens (tertiary/aromatic N) is 1. The standard InChI is InChI=1S/C19H19IN2O3/c1-3-6-14-9-13(10-17(18(14)23)25-4-2)12-21-22-19(24)15-7-5-8-16(20)11-15/h3,5,7-12,23H,1,4,6H2,2H3,(H,22,24)/b21-12-. The van der Waals surface area contributed by atoms with Crippen LogP contribution in [0.15, 0.2) is 54.2 Å². The highest BCUT2D eigenvalue weighted by Crippen LogP contribution is 2.31. The number of carbonyl (C=O) groups is 1. The molecular weight excluding hydrogens is 431 g/mol. The number of rotatable bonds is 7. The third kappa shape index (κ3) is 5.32. The van der Waals surface area contributed by atoms with Gasteiger partial charge in [0.15, 0.2) is 11.5 Å². The predicted molar refractivity (Wildman–Crippen MR) is 107 cm³/mol. The highest BCUT2D eigenvalue weighted by molar-refractivity contribution is 14.1. The van der Waals surface area contributed by atoms with E-state index < -0.39 is 0 Å². The molecule has 130 valence electrons. The van der Waals surface area contributed by atoms with E-state index in [0.717, 1.165) is 3.57 Å². The summed E-state index contributed by atoms with van der Waals surface area (Å²) in [7, 11) is 0. The molecule has 0 spiro atoms. The Morgan fingerprint density at radius 1 is 1.40 bits per heavy atom. The van der Waals surface area contributed by atoms with E-state index in [2.05, 4.69) is 39.7 Å². The molecule has 0 aliphatic carbocycles. The molecule has 0 atom stereocenters. The molecule has 2 rings (SSSR count). The second-order valence-corrected chi connectivity index (χ2v) is 6.41. The zero-order valence-electron chi connectivity index (χ0n) is 13.8. The van der Waals surface area contributed by atoms with Gasteiger partial charge in [0.1, 0.15) is 0 Å². The van der Waals surface area contributed by atoms with Crippen molar-refractivity contribution in [2.75, 3.05) is 6.61 Å². The van der Waals surface area contributed by atoms with Crippen LogP contribution in [0.25, 0.3) is 0 Å². The van der Waals surface area contributed by atoms with Crippen LogP contribution in [0.5, 0.6) is 11.5 Å². The molecule has 0 aliphatic rings. The molecule has 25 heavy (non-hydrogen) atoms. The summed E-state index contributed by atoms with van der Waals surface area (Å²) in [4.78, 5) is 12.1. The number of hydrogen-bond donors (Lipinski definition) is 2.